The predicted molar refractivity (Wildman–Crippen MR) is 75.5 cm³/mol. The van der Waals surface area contributed by atoms with Crippen molar-refractivity contribution in [1.29, 1.82) is 5.41 Å². The van der Waals surface area contributed by atoms with Crippen LogP contribution in [0.3, 0.4) is 0 Å². The minimum atomic E-state index is -0.0714. The number of nitrogen functional groups attached to an aromatic ring is 1. The Labute approximate surface area is 116 Å². The molecular weight excluding hydrogens is 264 g/mol. The van der Waals surface area contributed by atoms with Gasteiger partial charge in [0.25, 0.3) is 0 Å². The van der Waals surface area contributed by atoms with Gasteiger partial charge in [-0.15, -0.1) is 0 Å². The molecule has 0 unspecified atom stereocenters. The van der Waals surface area contributed by atoms with Crippen molar-refractivity contribution in [1.82, 2.24) is 0 Å². The van der Waals surface area contributed by atoms with Gasteiger partial charge >= 0.3 is 0 Å². The fraction of sp³-hybridized carbons (Fsp3) is 0.0714. The van der Waals surface area contributed by atoms with Crippen molar-refractivity contribution < 1.29 is 9.47 Å². The summed E-state index contributed by atoms with van der Waals surface area (Å²) in [5.41, 5.74) is 5.88. The van der Waals surface area contributed by atoms with E-state index in [9.17, 15) is 0 Å². The lowest BCUT2D eigenvalue weighted by Gasteiger charge is -2.09. The van der Waals surface area contributed by atoms with Crippen molar-refractivity contribution in [3.63, 3.8) is 0 Å². The highest BCUT2D eigenvalue weighted by molar-refractivity contribution is 6.34. The second-order valence-corrected chi connectivity index (χ2v) is 4.24. The second kappa shape index (κ2) is 5.63. The van der Waals surface area contributed by atoms with Gasteiger partial charge in [0, 0.05) is 17.7 Å². The van der Waals surface area contributed by atoms with Gasteiger partial charge in [0.15, 0.2) is 0 Å². The summed E-state index contributed by atoms with van der Waals surface area (Å²) in [5.74, 6) is 1.86. The Morgan fingerprint density at radius 2 is 1.79 bits per heavy atom. The van der Waals surface area contributed by atoms with Crippen LogP contribution >= 0.6 is 11.6 Å². The Morgan fingerprint density at radius 1 is 1.11 bits per heavy atom. The average Bonchev–Trinajstić information content (AvgIpc) is 2.38. The zero-order chi connectivity index (χ0) is 13.8. The van der Waals surface area contributed by atoms with Crippen LogP contribution < -0.4 is 15.2 Å². The molecule has 0 radical (unpaired) electrons. The topological polar surface area (TPSA) is 68.3 Å². The highest BCUT2D eigenvalue weighted by atomic mass is 35.5. The molecule has 98 valence electrons. The fourth-order valence-corrected chi connectivity index (χ4v) is 1.85. The van der Waals surface area contributed by atoms with E-state index >= 15 is 0 Å². The Hall–Kier alpha value is -2.20. The molecule has 4 nitrogen and oxygen atoms in total. The Bertz CT molecular complexity index is 614. The van der Waals surface area contributed by atoms with E-state index in [4.69, 9.17) is 32.2 Å². The number of rotatable bonds is 4. The first-order valence-corrected chi connectivity index (χ1v) is 5.94. The summed E-state index contributed by atoms with van der Waals surface area (Å²) in [6, 6.07) is 12.2. The predicted octanol–water partition coefficient (Wildman–Crippen LogP) is 3.42. The van der Waals surface area contributed by atoms with Crippen molar-refractivity contribution in [3.8, 4) is 17.2 Å². The summed E-state index contributed by atoms with van der Waals surface area (Å²) in [6.07, 6.45) is 0. The van der Waals surface area contributed by atoms with Crippen LogP contribution in [0.25, 0.3) is 0 Å². The molecule has 2 aromatic rings. The van der Waals surface area contributed by atoms with Crippen molar-refractivity contribution in [2.24, 2.45) is 5.73 Å². The second-order valence-electron chi connectivity index (χ2n) is 3.84. The summed E-state index contributed by atoms with van der Waals surface area (Å²) >= 11 is 6.02. The summed E-state index contributed by atoms with van der Waals surface area (Å²) in [6.45, 7) is 0. The van der Waals surface area contributed by atoms with Gasteiger partial charge in [-0.1, -0.05) is 17.7 Å². The summed E-state index contributed by atoms with van der Waals surface area (Å²) in [7, 11) is 1.59. The van der Waals surface area contributed by atoms with E-state index < -0.39 is 0 Å². The van der Waals surface area contributed by atoms with E-state index in [-0.39, 0.29) is 5.84 Å². The summed E-state index contributed by atoms with van der Waals surface area (Å²) in [4.78, 5) is 0. The van der Waals surface area contributed by atoms with Crippen LogP contribution in [-0.2, 0) is 0 Å². The minimum absolute atomic E-state index is 0.0714. The SMILES string of the molecule is COc1cccc(Oc2ccc(C(=N)N)c(Cl)c2)c1. The first-order chi connectivity index (χ1) is 9.10. The molecule has 0 aliphatic heterocycles. The molecule has 0 spiro atoms. The number of nitrogens with two attached hydrogens (primary N) is 1. The van der Waals surface area contributed by atoms with E-state index in [1.807, 2.05) is 18.2 Å². The lowest BCUT2D eigenvalue weighted by atomic mass is 10.2. The number of amidine groups is 1. The van der Waals surface area contributed by atoms with Crippen molar-refractivity contribution in [2.75, 3.05) is 7.11 Å². The van der Waals surface area contributed by atoms with E-state index in [1.165, 1.54) is 0 Å². The largest absolute Gasteiger partial charge is 0.497 e. The number of halogens is 1. The summed E-state index contributed by atoms with van der Waals surface area (Å²) < 4.78 is 10.8. The standard InChI is InChI=1S/C14H13ClN2O2/c1-18-9-3-2-4-10(7-9)19-11-5-6-12(14(16)17)13(15)8-11/h2-8H,1H3,(H3,16,17). The van der Waals surface area contributed by atoms with Gasteiger partial charge in [-0.3, -0.25) is 5.41 Å². The quantitative estimate of drug-likeness (QED) is 0.664. The highest BCUT2D eigenvalue weighted by Gasteiger charge is 2.06. The lowest BCUT2D eigenvalue weighted by molar-refractivity contribution is 0.409. The number of nitrogens with one attached hydrogen (secondary N) is 1. The van der Waals surface area contributed by atoms with Crippen LogP contribution in [0, 0.1) is 5.41 Å². The van der Waals surface area contributed by atoms with Crippen molar-refractivity contribution in [3.05, 3.63) is 53.1 Å². The smallest absolute Gasteiger partial charge is 0.131 e. The third-order valence-corrected chi connectivity index (χ3v) is 2.82. The molecular formula is C14H13ClN2O2. The van der Waals surface area contributed by atoms with Gasteiger partial charge in [0.05, 0.1) is 12.1 Å². The molecule has 0 saturated heterocycles. The first-order valence-electron chi connectivity index (χ1n) is 5.56. The van der Waals surface area contributed by atoms with Gasteiger partial charge in [0.2, 0.25) is 0 Å². The monoisotopic (exact) mass is 276 g/mol. The number of hydrogen-bond donors (Lipinski definition) is 2. The molecule has 0 bridgehead atoms. The Morgan fingerprint density at radius 3 is 2.42 bits per heavy atom. The van der Waals surface area contributed by atoms with Crippen LogP contribution in [0.5, 0.6) is 17.2 Å². The van der Waals surface area contributed by atoms with Gasteiger partial charge in [-0.05, 0) is 24.3 Å². The molecule has 0 aromatic heterocycles. The number of benzene rings is 2. The molecule has 19 heavy (non-hydrogen) atoms. The Kier molecular flexibility index (Phi) is 3.92. The lowest BCUT2D eigenvalue weighted by Crippen LogP contribution is -2.11. The molecule has 0 fully saturated rings. The fourth-order valence-electron chi connectivity index (χ4n) is 1.58. The molecule has 3 N–H and O–H groups in total. The average molecular weight is 277 g/mol. The molecule has 0 aliphatic carbocycles. The minimum Gasteiger partial charge on any atom is -0.497 e. The molecule has 0 heterocycles. The molecule has 0 amide bonds. The maximum atomic E-state index is 7.36. The van der Waals surface area contributed by atoms with Crippen LogP contribution in [0.15, 0.2) is 42.5 Å². The third-order valence-electron chi connectivity index (χ3n) is 2.51. The number of methoxy groups -OCH3 is 1. The van der Waals surface area contributed by atoms with Crippen molar-refractivity contribution >= 4 is 17.4 Å². The van der Waals surface area contributed by atoms with Gasteiger partial charge < -0.3 is 15.2 Å². The number of hydrogen-bond acceptors (Lipinski definition) is 3. The molecule has 0 aliphatic rings. The zero-order valence-corrected chi connectivity index (χ0v) is 11.1. The van der Waals surface area contributed by atoms with E-state index in [0.717, 1.165) is 0 Å². The molecule has 2 rings (SSSR count). The Balaban J connectivity index is 2.23. The first kappa shape index (κ1) is 13.2. The summed E-state index contributed by atoms with van der Waals surface area (Å²) in [5, 5.41) is 7.74. The maximum Gasteiger partial charge on any atom is 0.131 e. The van der Waals surface area contributed by atoms with Gasteiger partial charge in [0.1, 0.15) is 23.1 Å². The van der Waals surface area contributed by atoms with E-state index in [2.05, 4.69) is 0 Å². The molecule has 0 saturated carbocycles. The van der Waals surface area contributed by atoms with Crippen molar-refractivity contribution in [2.45, 2.75) is 0 Å². The number of ether oxygens (including phenoxy) is 2. The van der Waals surface area contributed by atoms with Crippen LogP contribution in [0.4, 0.5) is 0 Å². The highest BCUT2D eigenvalue weighted by Crippen LogP contribution is 2.28. The maximum absolute atomic E-state index is 7.36. The van der Waals surface area contributed by atoms with E-state index in [1.54, 1.807) is 31.4 Å². The van der Waals surface area contributed by atoms with Gasteiger partial charge in [-0.2, -0.15) is 0 Å². The normalized spacial score (nSPS) is 10.0. The van der Waals surface area contributed by atoms with Gasteiger partial charge in [-0.25, -0.2) is 0 Å². The molecule has 0 atom stereocenters. The molecule has 5 heteroatoms. The van der Waals surface area contributed by atoms with Crippen LogP contribution in [0.2, 0.25) is 5.02 Å². The van der Waals surface area contributed by atoms with Crippen LogP contribution in [-0.4, -0.2) is 12.9 Å². The van der Waals surface area contributed by atoms with Crippen LogP contribution in [0.1, 0.15) is 5.56 Å². The van der Waals surface area contributed by atoms with E-state index in [0.29, 0.717) is 27.8 Å². The zero-order valence-electron chi connectivity index (χ0n) is 10.3. The molecule has 2 aromatic carbocycles. The third kappa shape index (κ3) is 3.17.